The molecule has 0 spiro atoms. The average Bonchev–Trinajstić information content (AvgIpc) is 2.95. The zero-order chi connectivity index (χ0) is 14.1. The maximum atomic E-state index is 12.1. The number of carbonyl (C=O) groups excluding carboxylic acids is 1. The van der Waals surface area contributed by atoms with Crippen LogP contribution in [0.5, 0.6) is 5.75 Å². The van der Waals surface area contributed by atoms with E-state index in [9.17, 15) is 4.79 Å². The Morgan fingerprint density at radius 1 is 1.45 bits per heavy atom. The van der Waals surface area contributed by atoms with Crippen molar-refractivity contribution in [1.82, 2.24) is 4.98 Å². The minimum Gasteiger partial charge on any atom is -0.482 e. The number of thiazole rings is 1. The lowest BCUT2D eigenvalue weighted by molar-refractivity contribution is -0.121. The molecule has 5 heteroatoms. The van der Waals surface area contributed by atoms with E-state index in [1.807, 2.05) is 34.0 Å². The van der Waals surface area contributed by atoms with Crippen molar-refractivity contribution in [3.05, 3.63) is 29.1 Å². The quantitative estimate of drug-likeness (QED) is 0.871. The van der Waals surface area contributed by atoms with E-state index in [2.05, 4.69) is 18.8 Å². The summed E-state index contributed by atoms with van der Waals surface area (Å²) in [6.07, 6.45) is 0. The summed E-state index contributed by atoms with van der Waals surface area (Å²) in [5.74, 6) is 1.19. The van der Waals surface area contributed by atoms with Gasteiger partial charge >= 0.3 is 0 Å². The molecule has 1 aliphatic heterocycles. The van der Waals surface area contributed by atoms with Gasteiger partial charge in [0.2, 0.25) is 0 Å². The molecule has 2 heterocycles. The third-order valence-electron chi connectivity index (χ3n) is 3.18. The Morgan fingerprint density at radius 2 is 2.30 bits per heavy atom. The molecule has 0 unspecified atom stereocenters. The summed E-state index contributed by atoms with van der Waals surface area (Å²) < 4.78 is 5.51. The van der Waals surface area contributed by atoms with Gasteiger partial charge in [-0.3, -0.25) is 4.79 Å². The summed E-state index contributed by atoms with van der Waals surface area (Å²) in [5, 5.41) is 2.00. The fourth-order valence-corrected chi connectivity index (χ4v) is 2.84. The molecule has 2 aromatic rings. The van der Waals surface area contributed by atoms with E-state index >= 15 is 0 Å². The SMILES string of the molecule is CC(C)CN1C(=O)COc2ccc(-c3cscn3)cc21. The first-order valence-electron chi connectivity index (χ1n) is 6.61. The van der Waals surface area contributed by atoms with Crippen LogP contribution in [0.25, 0.3) is 11.3 Å². The molecule has 1 amide bonds. The van der Waals surface area contributed by atoms with Crippen molar-refractivity contribution in [2.45, 2.75) is 13.8 Å². The van der Waals surface area contributed by atoms with E-state index in [1.54, 1.807) is 11.3 Å². The smallest absolute Gasteiger partial charge is 0.265 e. The standard InChI is InChI=1S/C15H16N2O2S/c1-10(2)6-17-13-5-11(12-8-20-9-16-12)3-4-14(13)19-7-15(17)18/h3-5,8-10H,6-7H2,1-2H3. The number of nitrogens with zero attached hydrogens (tertiary/aromatic N) is 2. The van der Waals surface area contributed by atoms with Gasteiger partial charge in [0.25, 0.3) is 5.91 Å². The number of aromatic nitrogens is 1. The second-order valence-electron chi connectivity index (χ2n) is 5.24. The van der Waals surface area contributed by atoms with Gasteiger partial charge in [0.05, 0.1) is 16.9 Å². The number of anilines is 1. The fraction of sp³-hybridized carbons (Fsp3) is 0.333. The Kier molecular flexibility index (Phi) is 3.44. The fourth-order valence-electron chi connectivity index (χ4n) is 2.28. The van der Waals surface area contributed by atoms with Gasteiger partial charge in [-0.15, -0.1) is 11.3 Å². The van der Waals surface area contributed by atoms with Crippen LogP contribution in [0, 0.1) is 5.92 Å². The van der Waals surface area contributed by atoms with Gasteiger partial charge in [-0.05, 0) is 24.1 Å². The predicted octanol–water partition coefficient (Wildman–Crippen LogP) is 3.19. The molecule has 0 saturated heterocycles. The molecule has 0 N–H and O–H groups in total. The highest BCUT2D eigenvalue weighted by atomic mass is 32.1. The molecule has 1 aromatic heterocycles. The largest absolute Gasteiger partial charge is 0.482 e. The van der Waals surface area contributed by atoms with Crippen LogP contribution in [0.1, 0.15) is 13.8 Å². The van der Waals surface area contributed by atoms with E-state index in [-0.39, 0.29) is 12.5 Å². The Balaban J connectivity index is 2.02. The van der Waals surface area contributed by atoms with E-state index < -0.39 is 0 Å². The minimum atomic E-state index is 0.0154. The number of hydrogen-bond acceptors (Lipinski definition) is 4. The predicted molar refractivity (Wildman–Crippen MR) is 80.2 cm³/mol. The number of benzene rings is 1. The van der Waals surface area contributed by atoms with Crippen LogP contribution in [-0.4, -0.2) is 24.0 Å². The lowest BCUT2D eigenvalue weighted by atomic mass is 10.1. The molecular weight excluding hydrogens is 272 g/mol. The van der Waals surface area contributed by atoms with E-state index in [4.69, 9.17) is 4.74 Å². The zero-order valence-corrected chi connectivity index (χ0v) is 12.3. The van der Waals surface area contributed by atoms with Crippen molar-refractivity contribution in [2.24, 2.45) is 5.92 Å². The molecule has 0 aliphatic carbocycles. The number of ether oxygens (including phenoxy) is 1. The molecule has 1 aromatic carbocycles. The highest BCUT2D eigenvalue weighted by molar-refractivity contribution is 7.07. The van der Waals surface area contributed by atoms with Gasteiger partial charge in [-0.2, -0.15) is 0 Å². The van der Waals surface area contributed by atoms with Crippen LogP contribution < -0.4 is 9.64 Å². The Labute approximate surface area is 122 Å². The molecule has 4 nitrogen and oxygen atoms in total. The number of fused-ring (bicyclic) bond motifs is 1. The monoisotopic (exact) mass is 288 g/mol. The lowest BCUT2D eigenvalue weighted by Gasteiger charge is -2.31. The zero-order valence-electron chi connectivity index (χ0n) is 11.5. The highest BCUT2D eigenvalue weighted by Gasteiger charge is 2.26. The van der Waals surface area contributed by atoms with Crippen molar-refractivity contribution in [3.63, 3.8) is 0 Å². The number of amides is 1. The van der Waals surface area contributed by atoms with Crippen LogP contribution in [-0.2, 0) is 4.79 Å². The number of carbonyl (C=O) groups is 1. The summed E-state index contributed by atoms with van der Waals surface area (Å²) >= 11 is 1.56. The molecule has 0 radical (unpaired) electrons. The normalized spacial score (nSPS) is 14.3. The molecular formula is C15H16N2O2S. The molecule has 0 fully saturated rings. The summed E-state index contributed by atoms with van der Waals surface area (Å²) in [6, 6.07) is 5.89. The van der Waals surface area contributed by atoms with Crippen molar-refractivity contribution < 1.29 is 9.53 Å². The van der Waals surface area contributed by atoms with Gasteiger partial charge in [0.15, 0.2) is 6.61 Å². The summed E-state index contributed by atoms with van der Waals surface area (Å²) in [7, 11) is 0. The third-order valence-corrected chi connectivity index (χ3v) is 3.76. The summed E-state index contributed by atoms with van der Waals surface area (Å²) in [6.45, 7) is 5.03. The lowest BCUT2D eigenvalue weighted by Crippen LogP contribution is -2.40. The molecule has 1 aliphatic rings. The van der Waals surface area contributed by atoms with Crippen LogP contribution in [0.4, 0.5) is 5.69 Å². The van der Waals surface area contributed by atoms with Crippen LogP contribution in [0.3, 0.4) is 0 Å². The van der Waals surface area contributed by atoms with Crippen LogP contribution in [0.2, 0.25) is 0 Å². The van der Waals surface area contributed by atoms with Crippen molar-refractivity contribution in [1.29, 1.82) is 0 Å². The van der Waals surface area contributed by atoms with E-state index in [0.717, 1.165) is 22.7 Å². The Hall–Kier alpha value is -1.88. The first-order valence-corrected chi connectivity index (χ1v) is 7.55. The van der Waals surface area contributed by atoms with Crippen molar-refractivity contribution >= 4 is 22.9 Å². The maximum absolute atomic E-state index is 12.1. The van der Waals surface area contributed by atoms with Crippen LogP contribution in [0.15, 0.2) is 29.1 Å². The average molecular weight is 288 g/mol. The molecule has 0 atom stereocenters. The van der Waals surface area contributed by atoms with Gasteiger partial charge < -0.3 is 9.64 Å². The first-order chi connectivity index (χ1) is 9.65. The molecule has 0 saturated carbocycles. The maximum Gasteiger partial charge on any atom is 0.265 e. The summed E-state index contributed by atoms with van der Waals surface area (Å²) in [5.41, 5.74) is 4.60. The van der Waals surface area contributed by atoms with Gasteiger partial charge in [-0.25, -0.2) is 4.98 Å². The molecule has 0 bridgehead atoms. The molecule has 104 valence electrons. The second kappa shape index (κ2) is 5.25. The first kappa shape index (κ1) is 13.1. The van der Waals surface area contributed by atoms with Crippen molar-refractivity contribution in [2.75, 3.05) is 18.1 Å². The van der Waals surface area contributed by atoms with E-state index in [0.29, 0.717) is 12.5 Å². The number of hydrogen-bond donors (Lipinski definition) is 0. The third kappa shape index (κ3) is 2.41. The highest BCUT2D eigenvalue weighted by Crippen LogP contribution is 2.36. The summed E-state index contributed by atoms with van der Waals surface area (Å²) in [4.78, 5) is 18.2. The van der Waals surface area contributed by atoms with E-state index in [1.165, 1.54) is 0 Å². The van der Waals surface area contributed by atoms with Crippen LogP contribution >= 0.6 is 11.3 Å². The minimum absolute atomic E-state index is 0.0154. The van der Waals surface area contributed by atoms with Gasteiger partial charge in [-0.1, -0.05) is 13.8 Å². The molecule has 3 rings (SSSR count). The molecule has 20 heavy (non-hydrogen) atoms. The second-order valence-corrected chi connectivity index (χ2v) is 5.96. The van der Waals surface area contributed by atoms with Crippen molar-refractivity contribution in [3.8, 4) is 17.0 Å². The van der Waals surface area contributed by atoms with Gasteiger partial charge in [0, 0.05) is 17.5 Å². The topological polar surface area (TPSA) is 42.4 Å². The Morgan fingerprint density at radius 3 is 3.00 bits per heavy atom. The van der Waals surface area contributed by atoms with Gasteiger partial charge in [0.1, 0.15) is 5.75 Å². The number of rotatable bonds is 3. The Bertz CT molecular complexity index is 623.